The fourth-order valence-corrected chi connectivity index (χ4v) is 33.4. The van der Waals surface area contributed by atoms with Gasteiger partial charge in [0.25, 0.3) is 0 Å². The topological polar surface area (TPSA) is 68.6 Å². The van der Waals surface area contributed by atoms with Crippen LogP contribution in [0.5, 0.6) is 0 Å². The Kier molecular flexibility index (Phi) is 23.5. The van der Waals surface area contributed by atoms with E-state index in [0.29, 0.717) is 108 Å². The predicted molar refractivity (Wildman–Crippen MR) is 549 cm³/mol. The second-order valence-electron chi connectivity index (χ2n) is 50.2. The van der Waals surface area contributed by atoms with E-state index in [9.17, 15) is 0 Å². The molecule has 7 aliphatic carbocycles. The SMILES string of the molecule is CC1C(C)C2(C)CC1(C)C(C)N2c1cccn1C.CC1C2CCC(C)(C2)N1c1cccn1C.CC1C2CCC(N1c1cccn1C)C2(C)C.CC1CC2(C)CC1(C)C(C)N2c1cccn1C.CC1N(c2cccn2C)C2(C)CCC1(C)C2.CC1N(c2cccn2C)C2(C)CCC1(C)C2(C)C.CC1N(c2cccn2C)C2CCC1(C)C2.CC1N2CCC(C)(C2)N1c1cccn1C. The molecule has 27 unspecified atom stereocenters. The van der Waals surface area contributed by atoms with E-state index in [1.807, 2.05) is 0 Å². The van der Waals surface area contributed by atoms with Crippen molar-refractivity contribution in [3.63, 3.8) is 0 Å². The number of anilines is 8. The average Bonchev–Trinajstić information content (AvgIpc) is 1.50. The molecular formula is C113H179N17. The number of piperidine rings is 7. The number of hydrogen-bond acceptors (Lipinski definition) is 9. The van der Waals surface area contributed by atoms with Crippen LogP contribution in [0.3, 0.4) is 0 Å². The Hall–Kier alpha value is -7.40. The van der Waals surface area contributed by atoms with Gasteiger partial charge in [-0.15, -0.1) is 0 Å². The summed E-state index contributed by atoms with van der Waals surface area (Å²) in [6.45, 7) is 65.9. The van der Waals surface area contributed by atoms with Crippen molar-refractivity contribution in [2.45, 2.75) is 383 Å². The molecule has 17 heterocycles. The zero-order chi connectivity index (χ0) is 94.0. The summed E-state index contributed by atoms with van der Waals surface area (Å²) in [5.74, 6) is 15.3. The highest BCUT2D eigenvalue weighted by atomic mass is 15.5. The summed E-state index contributed by atoms with van der Waals surface area (Å²) in [5, 5.41) is 0. The largest absolute Gasteiger partial charge is 0.352 e. The number of rotatable bonds is 8. The summed E-state index contributed by atoms with van der Waals surface area (Å²) < 4.78 is 18.0. The number of fused-ring (bicyclic) bond motifs is 16. The molecule has 16 fully saturated rings. The van der Waals surface area contributed by atoms with E-state index in [0.717, 1.165) is 47.7 Å². The lowest BCUT2D eigenvalue weighted by Gasteiger charge is -2.50. The standard InChI is InChI=1S/2C16H26N2.C15H24N2.2C14H22N2.2C13H20N2.C12H19N3/c1-12-15(4)9-10-16(5,14(15,2)3)18(12)13-8-7-11-17(13)6;1-11-12(2)16(5)10-15(11,4)13(3)18(16)14-8-7-9-17(14)6;1-11-9-14(3)10-15(11,4)12(2)17(14)13-7-6-8-16(13)5;1-11-13(2)7-8-14(3,10-13)16(11)12-6-5-9-15(12)4;1-10-11-7-8-12(14(11,2)3)16(10)13-6-5-9-15(13)4;1-10-13(2)7-6-11(9-13)15(10)12-5-4-8-14(12)3;1-10-11-6-7-13(2,9-11)15(10)12-5-4-8-14(12)3;1-10-14-8-6-12(2,9-14)15(10)11-5-4-7-13(11)3/h7-8,11-12H,9-10H2,1-6H3;7-9,11-13H,10H2,1-6H3;6-8,11-12H,9-10H2,1-5H3;5-6,9,11H,7-8,10H2,1-4H3;5-6,9-12H,7-8H2,1-4H3;2*4-5,8,10-11H,6-7,9H2,1-3H3;4-5,7,10H,6,8-9H2,1-3H3. The van der Waals surface area contributed by atoms with Crippen molar-refractivity contribution in [1.82, 2.24) is 41.4 Å². The Morgan fingerprint density at radius 1 is 0.315 bits per heavy atom. The van der Waals surface area contributed by atoms with Gasteiger partial charge >= 0.3 is 0 Å². The van der Waals surface area contributed by atoms with Crippen LogP contribution in [0.15, 0.2) is 147 Å². The molecule has 16 aliphatic rings. The highest BCUT2D eigenvalue weighted by molar-refractivity contribution is 5.57. The summed E-state index contributed by atoms with van der Waals surface area (Å²) in [5.41, 5.74) is 5.44. The molecular weight excluding hydrogens is 1600 g/mol. The van der Waals surface area contributed by atoms with Gasteiger partial charge in [-0.25, -0.2) is 0 Å². The first-order valence-electron chi connectivity index (χ1n) is 51.8. The van der Waals surface area contributed by atoms with Gasteiger partial charge in [0.2, 0.25) is 0 Å². The lowest BCUT2D eigenvalue weighted by molar-refractivity contribution is 0.132. The third-order valence-electron chi connectivity index (χ3n) is 42.9. The maximum atomic E-state index is 2.69. The van der Waals surface area contributed by atoms with E-state index in [1.54, 1.807) is 0 Å². The van der Waals surface area contributed by atoms with Gasteiger partial charge in [0.15, 0.2) is 0 Å². The van der Waals surface area contributed by atoms with Crippen molar-refractivity contribution >= 4 is 46.5 Å². The minimum absolute atomic E-state index is 0.285. The van der Waals surface area contributed by atoms with Crippen molar-refractivity contribution in [3.05, 3.63) is 147 Å². The molecule has 24 rings (SSSR count). The maximum absolute atomic E-state index is 2.69. The molecule has 17 heteroatoms. The first-order valence-corrected chi connectivity index (χ1v) is 51.8. The molecule has 0 aromatic carbocycles. The Bertz CT molecular complexity index is 5240. The lowest BCUT2D eigenvalue weighted by Crippen LogP contribution is -2.56. The molecule has 16 bridgehead atoms. The Balaban J connectivity index is 0.000000104. The van der Waals surface area contributed by atoms with Gasteiger partial charge in [-0.1, -0.05) is 83.1 Å². The maximum Gasteiger partial charge on any atom is 0.109 e. The van der Waals surface area contributed by atoms with E-state index >= 15 is 0 Å². The average molecular weight is 1780 g/mol. The zero-order valence-corrected chi connectivity index (χ0v) is 88.1. The van der Waals surface area contributed by atoms with Crippen LogP contribution in [0.25, 0.3) is 0 Å². The molecule has 9 aliphatic heterocycles. The van der Waals surface area contributed by atoms with Crippen LogP contribution in [0.2, 0.25) is 0 Å². The molecule has 8 aromatic heterocycles. The molecule has 17 nitrogen and oxygen atoms in total. The van der Waals surface area contributed by atoms with Crippen LogP contribution in [-0.4, -0.2) is 148 Å². The number of aromatic nitrogens is 8. The lowest BCUT2D eigenvalue weighted by atomic mass is 9.65. The molecule has 0 radical (unpaired) electrons. The number of nitrogens with zero attached hydrogens (tertiary/aromatic N) is 17. The summed E-state index contributed by atoms with van der Waals surface area (Å²) >= 11 is 0. The quantitative estimate of drug-likeness (QED) is 0.148. The molecule has 8 aromatic rings. The zero-order valence-electron chi connectivity index (χ0n) is 88.1. The molecule has 0 amide bonds. The smallest absolute Gasteiger partial charge is 0.109 e. The number of aryl methyl sites for hydroxylation is 8. The summed E-state index contributed by atoms with van der Waals surface area (Å²) in [6, 6.07) is 41.4. The van der Waals surface area contributed by atoms with Crippen molar-refractivity contribution in [2.75, 3.05) is 52.3 Å². The van der Waals surface area contributed by atoms with Crippen molar-refractivity contribution in [3.8, 4) is 0 Å². The van der Waals surface area contributed by atoms with E-state index in [-0.39, 0.29) is 5.54 Å². The normalized spacial score (nSPS) is 41.2. The van der Waals surface area contributed by atoms with Crippen LogP contribution < -0.4 is 39.2 Å². The predicted octanol–water partition coefficient (Wildman–Crippen LogP) is 24.4. The Morgan fingerprint density at radius 3 is 1.17 bits per heavy atom. The molecule has 130 heavy (non-hydrogen) atoms. The minimum Gasteiger partial charge on any atom is -0.352 e. The monoisotopic (exact) mass is 1770 g/mol. The van der Waals surface area contributed by atoms with Crippen LogP contribution in [0.1, 0.15) is 289 Å². The van der Waals surface area contributed by atoms with E-state index in [2.05, 4.69) is 464 Å². The van der Waals surface area contributed by atoms with Crippen molar-refractivity contribution in [1.29, 1.82) is 0 Å². The highest BCUT2D eigenvalue weighted by Crippen LogP contribution is 2.71. The van der Waals surface area contributed by atoms with Gasteiger partial charge in [-0.3, -0.25) is 4.90 Å². The third kappa shape index (κ3) is 14.1. The molecule has 716 valence electrons. The van der Waals surface area contributed by atoms with E-state index < -0.39 is 0 Å². The van der Waals surface area contributed by atoms with Crippen molar-refractivity contribution in [2.24, 2.45) is 124 Å². The van der Waals surface area contributed by atoms with Gasteiger partial charge in [-0.2, -0.15) is 0 Å². The molecule has 0 N–H and O–H groups in total. The molecule has 9 saturated heterocycles. The first-order chi connectivity index (χ1) is 60.8. The minimum atomic E-state index is 0.285. The fraction of sp³-hybridized carbons (Fsp3) is 0.717. The van der Waals surface area contributed by atoms with Crippen LogP contribution >= 0.6 is 0 Å². The fourth-order valence-electron chi connectivity index (χ4n) is 33.4. The summed E-state index contributed by atoms with van der Waals surface area (Å²) in [6.07, 6.45) is 41.0. The Labute approximate surface area is 789 Å². The first kappa shape index (κ1) is 94.4. The van der Waals surface area contributed by atoms with Gasteiger partial charge in [-0.05, 0) is 371 Å². The Morgan fingerprint density at radius 2 is 0.777 bits per heavy atom. The van der Waals surface area contributed by atoms with Gasteiger partial charge in [0.1, 0.15) is 46.5 Å². The van der Waals surface area contributed by atoms with Crippen LogP contribution in [0, 0.1) is 67.5 Å². The van der Waals surface area contributed by atoms with Gasteiger partial charge in [0, 0.05) is 201 Å². The third-order valence-corrected chi connectivity index (χ3v) is 42.9. The summed E-state index contributed by atoms with van der Waals surface area (Å²) in [4.78, 5) is 23.8. The van der Waals surface area contributed by atoms with Crippen LogP contribution in [0.4, 0.5) is 46.5 Å². The second-order valence-corrected chi connectivity index (χ2v) is 50.2. The molecule has 7 saturated carbocycles. The van der Waals surface area contributed by atoms with Gasteiger partial charge in [0.05, 0.1) is 11.7 Å². The van der Waals surface area contributed by atoms with E-state index in [4.69, 9.17) is 0 Å². The van der Waals surface area contributed by atoms with E-state index in [1.165, 1.54) is 169 Å². The molecule has 0 spiro atoms. The van der Waals surface area contributed by atoms with Gasteiger partial charge < -0.3 is 75.7 Å². The second kappa shape index (κ2) is 32.4. The number of hydrogen-bond donors (Lipinski definition) is 0. The highest BCUT2D eigenvalue weighted by Gasteiger charge is 2.72. The summed E-state index contributed by atoms with van der Waals surface area (Å²) in [7, 11) is 17.2. The van der Waals surface area contributed by atoms with Crippen LogP contribution in [-0.2, 0) is 56.4 Å². The molecule has 27 atom stereocenters. The van der Waals surface area contributed by atoms with Crippen molar-refractivity contribution < 1.29 is 0 Å².